The van der Waals surface area contributed by atoms with Crippen molar-refractivity contribution in [3.8, 4) is 0 Å². The maximum absolute atomic E-state index is 13.3. The smallest absolute Gasteiger partial charge is 0.233 e. The second-order valence-electron chi connectivity index (χ2n) is 6.68. The lowest BCUT2D eigenvalue weighted by molar-refractivity contribution is -0.138. The number of hydrogen-bond donors (Lipinski definition) is 1. The van der Waals surface area contributed by atoms with Gasteiger partial charge in [-0.15, -0.1) is 0 Å². The van der Waals surface area contributed by atoms with Gasteiger partial charge in [-0.2, -0.15) is 0 Å². The van der Waals surface area contributed by atoms with Gasteiger partial charge < -0.3 is 10.2 Å². The van der Waals surface area contributed by atoms with E-state index in [0.717, 1.165) is 57.2 Å². The Kier molecular flexibility index (Phi) is 4.48. The molecule has 3 rings (SSSR count). The van der Waals surface area contributed by atoms with E-state index in [1.54, 1.807) is 12.1 Å². The summed E-state index contributed by atoms with van der Waals surface area (Å²) >= 11 is 0. The van der Waals surface area contributed by atoms with Gasteiger partial charge in [0, 0.05) is 19.1 Å². The topological polar surface area (TPSA) is 32.3 Å². The van der Waals surface area contributed by atoms with Gasteiger partial charge in [0.15, 0.2) is 0 Å². The van der Waals surface area contributed by atoms with Crippen LogP contribution in [0, 0.1) is 5.82 Å². The fourth-order valence-electron chi connectivity index (χ4n) is 4.07. The minimum Gasteiger partial charge on any atom is -0.340 e. The van der Waals surface area contributed by atoms with Crippen LogP contribution in [0.4, 0.5) is 4.39 Å². The van der Waals surface area contributed by atoms with Crippen LogP contribution in [0.1, 0.15) is 44.1 Å². The quantitative estimate of drug-likeness (QED) is 0.931. The molecule has 120 valence electrons. The van der Waals surface area contributed by atoms with Gasteiger partial charge >= 0.3 is 0 Å². The monoisotopic (exact) mass is 304 g/mol. The molecule has 1 aliphatic carbocycles. The molecule has 3 nitrogen and oxygen atoms in total. The molecule has 1 aromatic carbocycles. The predicted octanol–water partition coefficient (Wildman–Crippen LogP) is 2.85. The number of likely N-dealkylation sites (tertiary alicyclic amines) is 1. The molecular weight excluding hydrogens is 279 g/mol. The summed E-state index contributed by atoms with van der Waals surface area (Å²) in [6.07, 6.45) is 6.11. The van der Waals surface area contributed by atoms with Crippen molar-refractivity contribution in [1.29, 1.82) is 0 Å². The maximum Gasteiger partial charge on any atom is 0.233 e. The van der Waals surface area contributed by atoms with Gasteiger partial charge in [-0.3, -0.25) is 4.79 Å². The Hall–Kier alpha value is -1.42. The Morgan fingerprint density at radius 2 is 1.91 bits per heavy atom. The van der Waals surface area contributed by atoms with Crippen molar-refractivity contribution in [2.45, 2.75) is 50.0 Å². The van der Waals surface area contributed by atoms with Crippen molar-refractivity contribution >= 4 is 5.91 Å². The highest BCUT2D eigenvalue weighted by atomic mass is 19.1. The van der Waals surface area contributed by atoms with Gasteiger partial charge in [-0.1, -0.05) is 25.0 Å². The molecule has 1 atom stereocenters. The molecule has 1 heterocycles. The van der Waals surface area contributed by atoms with Gasteiger partial charge in [0.2, 0.25) is 5.91 Å². The first-order valence-electron chi connectivity index (χ1n) is 8.38. The van der Waals surface area contributed by atoms with Gasteiger partial charge in [-0.05, 0) is 50.4 Å². The molecule has 1 unspecified atom stereocenters. The molecule has 4 heteroatoms. The molecule has 2 fully saturated rings. The Balaban J connectivity index is 1.87. The molecular formula is C18H25FN2O. The van der Waals surface area contributed by atoms with Gasteiger partial charge in [0.05, 0.1) is 5.41 Å². The average Bonchev–Trinajstić information content (AvgIpc) is 3.05. The molecule has 0 radical (unpaired) electrons. The van der Waals surface area contributed by atoms with E-state index in [4.69, 9.17) is 0 Å². The van der Waals surface area contributed by atoms with Crippen molar-refractivity contribution < 1.29 is 9.18 Å². The third-order valence-corrected chi connectivity index (χ3v) is 5.38. The summed E-state index contributed by atoms with van der Waals surface area (Å²) in [4.78, 5) is 15.3. The molecule has 22 heavy (non-hydrogen) atoms. The average molecular weight is 304 g/mol. The van der Waals surface area contributed by atoms with Crippen molar-refractivity contribution in [2.24, 2.45) is 0 Å². The fourth-order valence-corrected chi connectivity index (χ4v) is 4.07. The number of piperidine rings is 1. The van der Waals surface area contributed by atoms with Crippen LogP contribution in [0.3, 0.4) is 0 Å². The van der Waals surface area contributed by atoms with E-state index >= 15 is 0 Å². The fraction of sp³-hybridized carbons (Fsp3) is 0.611. The summed E-state index contributed by atoms with van der Waals surface area (Å²) in [5.74, 6) is 0.00845. The van der Waals surface area contributed by atoms with Crippen LogP contribution in [0.15, 0.2) is 24.3 Å². The molecule has 1 aliphatic heterocycles. The number of carbonyl (C=O) groups excluding carboxylic acids is 1. The van der Waals surface area contributed by atoms with Crippen LogP contribution in [-0.2, 0) is 10.2 Å². The highest BCUT2D eigenvalue weighted by Crippen LogP contribution is 2.43. The lowest BCUT2D eigenvalue weighted by atomic mass is 9.77. The zero-order chi connectivity index (χ0) is 15.6. The number of halogens is 1. The van der Waals surface area contributed by atoms with Crippen LogP contribution in [0.5, 0.6) is 0 Å². The minimum atomic E-state index is -0.427. The zero-order valence-electron chi connectivity index (χ0n) is 13.3. The molecule has 1 saturated heterocycles. The van der Waals surface area contributed by atoms with Crippen LogP contribution in [0.2, 0.25) is 0 Å². The van der Waals surface area contributed by atoms with E-state index in [1.165, 1.54) is 12.1 Å². The molecule has 1 amide bonds. The van der Waals surface area contributed by atoms with Crippen molar-refractivity contribution in [3.05, 3.63) is 35.6 Å². The molecule has 0 spiro atoms. The van der Waals surface area contributed by atoms with E-state index in [1.807, 2.05) is 11.9 Å². The van der Waals surface area contributed by atoms with Gasteiger partial charge in [-0.25, -0.2) is 4.39 Å². The Labute approximate surface area is 131 Å². The summed E-state index contributed by atoms with van der Waals surface area (Å²) in [5, 5.41) is 3.30. The summed E-state index contributed by atoms with van der Waals surface area (Å²) in [6.45, 7) is 1.64. The molecule has 0 aromatic heterocycles. The number of rotatable bonds is 3. The number of carbonyl (C=O) groups is 1. The Bertz CT molecular complexity index is 522. The molecule has 1 N–H and O–H groups in total. The normalized spacial score (nSPS) is 24.5. The van der Waals surface area contributed by atoms with Crippen molar-refractivity contribution in [2.75, 3.05) is 20.1 Å². The lowest BCUT2D eigenvalue weighted by Crippen LogP contribution is -2.52. The third-order valence-electron chi connectivity index (χ3n) is 5.38. The molecule has 1 saturated carbocycles. The summed E-state index contributed by atoms with van der Waals surface area (Å²) in [7, 11) is 1.96. The second kappa shape index (κ2) is 6.37. The Morgan fingerprint density at radius 3 is 2.55 bits per heavy atom. The predicted molar refractivity (Wildman–Crippen MR) is 85.2 cm³/mol. The third kappa shape index (κ3) is 2.76. The second-order valence-corrected chi connectivity index (χ2v) is 6.68. The van der Waals surface area contributed by atoms with Gasteiger partial charge in [0.25, 0.3) is 0 Å². The molecule has 2 aliphatic rings. The summed E-state index contributed by atoms with van der Waals surface area (Å²) in [6, 6.07) is 6.96. The first kappa shape index (κ1) is 15.5. The van der Waals surface area contributed by atoms with Crippen LogP contribution >= 0.6 is 0 Å². The van der Waals surface area contributed by atoms with Crippen molar-refractivity contribution in [1.82, 2.24) is 10.2 Å². The first-order chi connectivity index (χ1) is 10.7. The van der Waals surface area contributed by atoms with Crippen LogP contribution < -0.4 is 5.32 Å². The highest BCUT2D eigenvalue weighted by Gasteiger charge is 2.45. The van der Waals surface area contributed by atoms with Crippen LogP contribution in [0.25, 0.3) is 0 Å². The standard InChI is InChI=1S/C18H25FN2O/c1-20-16-5-4-12-21(13-16)17(22)18(10-2-3-11-18)14-6-8-15(19)9-7-14/h6-9,16,20H,2-5,10-13H2,1H3. The maximum atomic E-state index is 13.3. The lowest BCUT2D eigenvalue weighted by Gasteiger charge is -2.39. The van der Waals surface area contributed by atoms with E-state index < -0.39 is 5.41 Å². The minimum absolute atomic E-state index is 0.238. The number of nitrogens with zero attached hydrogens (tertiary/aromatic N) is 1. The molecule has 0 bridgehead atoms. The van der Waals surface area contributed by atoms with Crippen molar-refractivity contribution in [3.63, 3.8) is 0 Å². The SMILES string of the molecule is CNC1CCCN(C(=O)C2(c3ccc(F)cc3)CCCC2)C1. The summed E-state index contributed by atoms with van der Waals surface area (Å²) < 4.78 is 13.2. The first-order valence-corrected chi connectivity index (χ1v) is 8.38. The number of hydrogen-bond acceptors (Lipinski definition) is 2. The van der Waals surface area contributed by atoms with Gasteiger partial charge in [0.1, 0.15) is 5.82 Å². The highest BCUT2D eigenvalue weighted by molar-refractivity contribution is 5.88. The van der Waals surface area contributed by atoms with E-state index in [-0.39, 0.29) is 11.7 Å². The van der Waals surface area contributed by atoms with E-state index in [0.29, 0.717) is 6.04 Å². The Morgan fingerprint density at radius 1 is 1.23 bits per heavy atom. The zero-order valence-corrected chi connectivity index (χ0v) is 13.3. The number of nitrogens with one attached hydrogen (secondary N) is 1. The summed E-state index contributed by atoms with van der Waals surface area (Å²) in [5.41, 5.74) is 0.562. The van der Waals surface area contributed by atoms with E-state index in [2.05, 4.69) is 5.32 Å². The molecule has 1 aromatic rings. The van der Waals surface area contributed by atoms with E-state index in [9.17, 15) is 9.18 Å². The van der Waals surface area contributed by atoms with Crippen LogP contribution in [-0.4, -0.2) is 37.0 Å². The number of benzene rings is 1. The number of amides is 1. The number of likely N-dealkylation sites (N-methyl/N-ethyl adjacent to an activating group) is 1. The largest absolute Gasteiger partial charge is 0.340 e.